The number of hydrogen-bond acceptors (Lipinski definition) is 2. The van der Waals surface area contributed by atoms with Crippen LogP contribution < -0.4 is 5.32 Å². The SMILES string of the molecule is Cc1[nH]c2c(F)cccc2c1CCNC(=O)[C@H]1CCCC[C@@H]1C(=O)O. The molecule has 0 spiro atoms. The lowest BCUT2D eigenvalue weighted by Gasteiger charge is -2.27. The van der Waals surface area contributed by atoms with Gasteiger partial charge in [-0.25, -0.2) is 4.39 Å². The van der Waals surface area contributed by atoms with Crippen LogP contribution in [0.25, 0.3) is 10.9 Å². The van der Waals surface area contributed by atoms with Crippen molar-refractivity contribution >= 4 is 22.8 Å². The molecule has 6 heteroatoms. The van der Waals surface area contributed by atoms with Crippen LogP contribution in [0.5, 0.6) is 0 Å². The van der Waals surface area contributed by atoms with E-state index in [0.717, 1.165) is 29.5 Å². The van der Waals surface area contributed by atoms with E-state index in [4.69, 9.17) is 0 Å². The summed E-state index contributed by atoms with van der Waals surface area (Å²) < 4.78 is 13.8. The van der Waals surface area contributed by atoms with E-state index in [1.807, 2.05) is 13.0 Å². The average molecular weight is 346 g/mol. The van der Waals surface area contributed by atoms with Gasteiger partial charge in [-0.3, -0.25) is 9.59 Å². The maximum Gasteiger partial charge on any atom is 0.307 e. The summed E-state index contributed by atoms with van der Waals surface area (Å²) in [5.74, 6) is -2.40. The highest BCUT2D eigenvalue weighted by Crippen LogP contribution is 2.30. The van der Waals surface area contributed by atoms with Crippen molar-refractivity contribution in [2.75, 3.05) is 6.54 Å². The lowest BCUT2D eigenvalue weighted by Crippen LogP contribution is -2.40. The Kier molecular flexibility index (Phi) is 5.06. The van der Waals surface area contributed by atoms with Gasteiger partial charge in [-0.05, 0) is 37.8 Å². The van der Waals surface area contributed by atoms with Crippen LogP contribution in [0.4, 0.5) is 4.39 Å². The molecule has 0 radical (unpaired) electrons. The molecule has 1 aromatic heterocycles. The maximum atomic E-state index is 13.8. The lowest BCUT2D eigenvalue weighted by atomic mass is 9.78. The number of carbonyl (C=O) groups is 2. The summed E-state index contributed by atoms with van der Waals surface area (Å²) in [6, 6.07) is 4.95. The van der Waals surface area contributed by atoms with Crippen molar-refractivity contribution in [3.8, 4) is 0 Å². The van der Waals surface area contributed by atoms with Gasteiger partial charge in [0.15, 0.2) is 0 Å². The summed E-state index contributed by atoms with van der Waals surface area (Å²) in [7, 11) is 0. The second-order valence-electron chi connectivity index (χ2n) is 6.77. The predicted molar refractivity (Wildman–Crippen MR) is 92.8 cm³/mol. The number of carboxylic acids is 1. The highest BCUT2D eigenvalue weighted by Gasteiger charge is 2.35. The Balaban J connectivity index is 1.65. The van der Waals surface area contributed by atoms with Gasteiger partial charge in [-0.15, -0.1) is 0 Å². The van der Waals surface area contributed by atoms with E-state index in [1.165, 1.54) is 6.07 Å². The Bertz CT molecular complexity index is 799. The summed E-state index contributed by atoms with van der Waals surface area (Å²) in [4.78, 5) is 26.8. The Labute approximate surface area is 145 Å². The highest BCUT2D eigenvalue weighted by molar-refractivity contribution is 5.86. The van der Waals surface area contributed by atoms with Crippen molar-refractivity contribution in [1.29, 1.82) is 0 Å². The third kappa shape index (κ3) is 3.52. The second-order valence-corrected chi connectivity index (χ2v) is 6.77. The van der Waals surface area contributed by atoms with Crippen LogP contribution in [0.1, 0.15) is 36.9 Å². The van der Waals surface area contributed by atoms with E-state index in [0.29, 0.717) is 31.3 Å². The molecule has 0 saturated heterocycles. The maximum absolute atomic E-state index is 13.8. The van der Waals surface area contributed by atoms with Gasteiger partial charge in [-0.2, -0.15) is 0 Å². The van der Waals surface area contributed by atoms with Crippen LogP contribution in [0.2, 0.25) is 0 Å². The average Bonchev–Trinajstić information content (AvgIpc) is 2.92. The van der Waals surface area contributed by atoms with E-state index in [2.05, 4.69) is 10.3 Å². The highest BCUT2D eigenvalue weighted by atomic mass is 19.1. The van der Waals surface area contributed by atoms with Crippen molar-refractivity contribution in [3.63, 3.8) is 0 Å². The number of nitrogens with one attached hydrogen (secondary N) is 2. The van der Waals surface area contributed by atoms with Gasteiger partial charge in [-0.1, -0.05) is 25.0 Å². The first-order chi connectivity index (χ1) is 12.0. The number of aromatic amines is 1. The minimum Gasteiger partial charge on any atom is -0.481 e. The van der Waals surface area contributed by atoms with E-state index in [9.17, 15) is 19.1 Å². The summed E-state index contributed by atoms with van der Waals surface area (Å²) in [5.41, 5.74) is 2.35. The fraction of sp³-hybridized carbons (Fsp3) is 0.474. The fourth-order valence-corrected chi connectivity index (χ4v) is 3.87. The van der Waals surface area contributed by atoms with Crippen LogP contribution in [0.3, 0.4) is 0 Å². The van der Waals surface area contributed by atoms with Crippen molar-refractivity contribution in [2.45, 2.75) is 39.0 Å². The molecule has 1 heterocycles. The van der Waals surface area contributed by atoms with Crippen molar-refractivity contribution in [2.24, 2.45) is 11.8 Å². The molecule has 1 aliphatic rings. The number of carboxylic acid groups (broad SMARTS) is 1. The first-order valence-corrected chi connectivity index (χ1v) is 8.75. The van der Waals surface area contributed by atoms with Gasteiger partial charge < -0.3 is 15.4 Å². The fourth-order valence-electron chi connectivity index (χ4n) is 3.87. The van der Waals surface area contributed by atoms with E-state index < -0.39 is 17.8 Å². The minimum atomic E-state index is -0.886. The Morgan fingerprint density at radius 2 is 2.00 bits per heavy atom. The molecule has 0 bridgehead atoms. The number of benzene rings is 1. The summed E-state index contributed by atoms with van der Waals surface area (Å²) >= 11 is 0. The lowest BCUT2D eigenvalue weighted by molar-refractivity contribution is -0.148. The zero-order chi connectivity index (χ0) is 18.0. The van der Waals surface area contributed by atoms with Crippen molar-refractivity contribution in [1.82, 2.24) is 10.3 Å². The molecule has 1 amide bonds. The number of aliphatic carboxylic acids is 1. The molecule has 1 aliphatic carbocycles. The number of fused-ring (bicyclic) bond motifs is 1. The molecule has 0 unspecified atom stereocenters. The molecular formula is C19H23FN2O3. The number of carbonyl (C=O) groups excluding carboxylic acids is 1. The zero-order valence-corrected chi connectivity index (χ0v) is 14.3. The Morgan fingerprint density at radius 3 is 2.72 bits per heavy atom. The molecular weight excluding hydrogens is 323 g/mol. The molecule has 2 atom stereocenters. The molecule has 1 saturated carbocycles. The van der Waals surface area contributed by atoms with Gasteiger partial charge in [0.2, 0.25) is 5.91 Å². The van der Waals surface area contributed by atoms with Crippen LogP contribution >= 0.6 is 0 Å². The largest absolute Gasteiger partial charge is 0.481 e. The number of halogens is 1. The number of amides is 1. The first-order valence-electron chi connectivity index (χ1n) is 8.75. The number of H-pyrrole nitrogens is 1. The van der Waals surface area contributed by atoms with Crippen LogP contribution in [-0.2, 0) is 16.0 Å². The van der Waals surface area contributed by atoms with Gasteiger partial charge in [0.05, 0.1) is 17.4 Å². The number of hydrogen-bond donors (Lipinski definition) is 3. The first kappa shape index (κ1) is 17.5. The van der Waals surface area contributed by atoms with Crippen molar-refractivity contribution in [3.05, 3.63) is 35.3 Å². The van der Waals surface area contributed by atoms with Gasteiger partial charge in [0.25, 0.3) is 0 Å². The third-order valence-corrected chi connectivity index (χ3v) is 5.20. The summed E-state index contributed by atoms with van der Waals surface area (Å²) in [6.07, 6.45) is 3.52. The van der Waals surface area contributed by atoms with E-state index in [1.54, 1.807) is 6.07 Å². The van der Waals surface area contributed by atoms with Crippen molar-refractivity contribution < 1.29 is 19.1 Å². The van der Waals surface area contributed by atoms with Crippen LogP contribution in [0, 0.1) is 24.6 Å². The molecule has 25 heavy (non-hydrogen) atoms. The molecule has 0 aliphatic heterocycles. The molecule has 1 aromatic carbocycles. The number of aryl methyl sites for hydroxylation is 1. The third-order valence-electron chi connectivity index (χ3n) is 5.20. The summed E-state index contributed by atoms with van der Waals surface area (Å²) in [6.45, 7) is 2.30. The standard InChI is InChI=1S/C19H23FN2O3/c1-11-12(13-7-4-8-16(20)17(13)22-11)9-10-21-18(23)14-5-2-3-6-15(14)19(24)25/h4,7-8,14-15,22H,2-3,5-6,9-10H2,1H3,(H,21,23)(H,24,25)/t14-,15-/m0/s1. The number of para-hydroxylation sites is 1. The van der Waals surface area contributed by atoms with Crippen LogP contribution in [0.15, 0.2) is 18.2 Å². The topological polar surface area (TPSA) is 82.2 Å². The Hall–Kier alpha value is -2.37. The normalized spacial score (nSPS) is 20.6. The van der Waals surface area contributed by atoms with Crippen LogP contribution in [-0.4, -0.2) is 28.5 Å². The quantitative estimate of drug-likeness (QED) is 0.778. The number of aromatic nitrogens is 1. The second kappa shape index (κ2) is 7.25. The van der Waals surface area contributed by atoms with Gasteiger partial charge in [0.1, 0.15) is 5.82 Å². The predicted octanol–water partition coefficient (Wildman–Crippen LogP) is 3.17. The number of rotatable bonds is 5. The molecule has 3 N–H and O–H groups in total. The molecule has 2 aromatic rings. The monoisotopic (exact) mass is 346 g/mol. The summed E-state index contributed by atoms with van der Waals surface area (Å²) in [5, 5.41) is 13.0. The van der Waals surface area contributed by atoms with E-state index in [-0.39, 0.29) is 11.7 Å². The molecule has 1 fully saturated rings. The molecule has 3 rings (SSSR count). The molecule has 5 nitrogen and oxygen atoms in total. The van der Waals surface area contributed by atoms with Gasteiger partial charge >= 0.3 is 5.97 Å². The molecule has 134 valence electrons. The zero-order valence-electron chi connectivity index (χ0n) is 14.3. The van der Waals surface area contributed by atoms with E-state index >= 15 is 0 Å². The van der Waals surface area contributed by atoms with Gasteiger partial charge in [0, 0.05) is 17.6 Å². The smallest absolute Gasteiger partial charge is 0.307 e. The Morgan fingerprint density at radius 1 is 1.28 bits per heavy atom. The minimum absolute atomic E-state index is 0.184.